The minimum atomic E-state index is -4.08. The molecular formula is C11H16N4O5S. The summed E-state index contributed by atoms with van der Waals surface area (Å²) in [7, 11) is -4.08. The number of aromatic carboxylic acids is 1. The van der Waals surface area contributed by atoms with Gasteiger partial charge in [-0.3, -0.25) is 9.89 Å². The molecule has 1 aliphatic heterocycles. The molecule has 1 aliphatic rings. The second-order valence-corrected chi connectivity index (χ2v) is 6.79. The Labute approximate surface area is 121 Å². The second-order valence-electron chi connectivity index (χ2n) is 4.94. The topological polar surface area (TPSA) is 146 Å². The number of hydrogen-bond donors (Lipinski definition) is 3. The molecule has 0 saturated carbocycles. The zero-order valence-corrected chi connectivity index (χ0v) is 12.2. The van der Waals surface area contributed by atoms with Crippen LogP contribution < -0.4 is 5.73 Å². The fraction of sp³-hybridized carbons (Fsp3) is 0.545. The first-order valence-electron chi connectivity index (χ1n) is 6.33. The average molecular weight is 316 g/mol. The van der Waals surface area contributed by atoms with Crippen molar-refractivity contribution in [3.8, 4) is 0 Å². The highest BCUT2D eigenvalue weighted by Gasteiger charge is 2.37. The largest absolute Gasteiger partial charge is 0.478 e. The maximum Gasteiger partial charge on any atom is 0.340 e. The fourth-order valence-electron chi connectivity index (χ4n) is 2.36. The van der Waals surface area contributed by atoms with Gasteiger partial charge in [-0.15, -0.1) is 0 Å². The number of rotatable bonds is 4. The van der Waals surface area contributed by atoms with E-state index in [0.717, 1.165) is 4.31 Å². The van der Waals surface area contributed by atoms with E-state index in [9.17, 15) is 18.0 Å². The quantitative estimate of drug-likeness (QED) is 0.669. The van der Waals surface area contributed by atoms with Crippen molar-refractivity contribution in [2.45, 2.75) is 24.8 Å². The van der Waals surface area contributed by atoms with Crippen LogP contribution in [0.1, 0.15) is 28.9 Å². The predicted octanol–water partition coefficient (Wildman–Crippen LogP) is -0.698. The number of carboxylic acids is 1. The standard InChI is InChI=1S/C11H16N4O5S/c1-6-8(11(17)18)10(14-13-6)21(19,20)15-4-2-3-7(5-15)9(12)16/h7H,2-5H2,1H3,(H2,12,16)(H,13,14)(H,17,18). The first-order valence-corrected chi connectivity index (χ1v) is 7.77. The highest BCUT2D eigenvalue weighted by Crippen LogP contribution is 2.25. The van der Waals surface area contributed by atoms with Crippen LogP contribution in [-0.4, -0.2) is 53.0 Å². The molecule has 1 atom stereocenters. The summed E-state index contributed by atoms with van der Waals surface area (Å²) in [5, 5.41) is 14.6. The summed E-state index contributed by atoms with van der Waals surface area (Å²) in [6.07, 6.45) is 1.01. The first-order chi connectivity index (χ1) is 9.75. The summed E-state index contributed by atoms with van der Waals surface area (Å²) in [5.41, 5.74) is 5.00. The normalized spacial score (nSPS) is 20.3. The number of amides is 1. The molecule has 1 saturated heterocycles. The smallest absolute Gasteiger partial charge is 0.340 e. The zero-order chi connectivity index (χ0) is 15.8. The molecular weight excluding hydrogens is 300 g/mol. The lowest BCUT2D eigenvalue weighted by Gasteiger charge is -2.29. The SMILES string of the molecule is Cc1[nH]nc(S(=O)(=O)N2CCCC(C(N)=O)C2)c1C(=O)O. The van der Waals surface area contributed by atoms with Gasteiger partial charge >= 0.3 is 5.97 Å². The number of carboxylic acid groups (broad SMARTS) is 1. The van der Waals surface area contributed by atoms with Crippen LogP contribution in [0.4, 0.5) is 0 Å². The van der Waals surface area contributed by atoms with Gasteiger partial charge < -0.3 is 10.8 Å². The summed E-state index contributed by atoms with van der Waals surface area (Å²) in [6, 6.07) is 0. The highest BCUT2D eigenvalue weighted by atomic mass is 32.2. The Balaban J connectivity index is 2.39. The fourth-order valence-corrected chi connectivity index (χ4v) is 4.01. The minimum absolute atomic E-state index is 0.0529. The van der Waals surface area contributed by atoms with Crippen LogP contribution >= 0.6 is 0 Å². The third kappa shape index (κ3) is 2.76. The number of carbonyl (C=O) groups excluding carboxylic acids is 1. The molecule has 1 amide bonds. The van der Waals surface area contributed by atoms with Crippen molar-refractivity contribution in [3.05, 3.63) is 11.3 Å². The number of nitrogens with zero attached hydrogens (tertiary/aromatic N) is 2. The van der Waals surface area contributed by atoms with Gasteiger partial charge in [0.25, 0.3) is 10.0 Å². The monoisotopic (exact) mass is 316 g/mol. The molecule has 1 aromatic heterocycles. The van der Waals surface area contributed by atoms with Crippen LogP contribution in [0.2, 0.25) is 0 Å². The van der Waals surface area contributed by atoms with Crippen molar-refractivity contribution in [2.24, 2.45) is 11.7 Å². The van der Waals surface area contributed by atoms with Gasteiger partial charge in [0, 0.05) is 18.8 Å². The number of aromatic nitrogens is 2. The lowest BCUT2D eigenvalue weighted by molar-refractivity contribution is -0.122. The average Bonchev–Trinajstić information content (AvgIpc) is 2.81. The molecule has 116 valence electrons. The van der Waals surface area contributed by atoms with E-state index in [1.807, 2.05) is 0 Å². The second kappa shape index (κ2) is 5.45. The van der Waals surface area contributed by atoms with Gasteiger partial charge in [-0.2, -0.15) is 9.40 Å². The number of hydrogen-bond acceptors (Lipinski definition) is 5. The maximum atomic E-state index is 12.5. The van der Waals surface area contributed by atoms with Gasteiger partial charge in [-0.25, -0.2) is 13.2 Å². The van der Waals surface area contributed by atoms with E-state index in [2.05, 4.69) is 10.2 Å². The number of sulfonamides is 1. The number of aryl methyl sites for hydroxylation is 1. The molecule has 0 aliphatic carbocycles. The molecule has 21 heavy (non-hydrogen) atoms. The Morgan fingerprint density at radius 2 is 2.14 bits per heavy atom. The Bertz CT molecular complexity index is 681. The molecule has 0 aromatic carbocycles. The third-order valence-corrected chi connectivity index (χ3v) is 5.29. The molecule has 0 bridgehead atoms. The van der Waals surface area contributed by atoms with Crippen LogP contribution in [0.25, 0.3) is 0 Å². The number of carbonyl (C=O) groups is 2. The van der Waals surface area contributed by atoms with Crippen LogP contribution in [-0.2, 0) is 14.8 Å². The van der Waals surface area contributed by atoms with Crippen LogP contribution in [0.5, 0.6) is 0 Å². The van der Waals surface area contributed by atoms with Crippen molar-refractivity contribution >= 4 is 21.9 Å². The molecule has 2 heterocycles. The van der Waals surface area contributed by atoms with Gasteiger partial charge in [-0.05, 0) is 19.8 Å². The molecule has 0 radical (unpaired) electrons. The van der Waals surface area contributed by atoms with Crippen LogP contribution in [0.3, 0.4) is 0 Å². The Morgan fingerprint density at radius 3 is 2.71 bits per heavy atom. The molecule has 1 fully saturated rings. The maximum absolute atomic E-state index is 12.5. The first kappa shape index (κ1) is 15.4. The number of nitrogens with two attached hydrogens (primary N) is 1. The molecule has 1 unspecified atom stereocenters. The Hall–Kier alpha value is -1.94. The number of H-pyrrole nitrogens is 1. The van der Waals surface area contributed by atoms with Crippen molar-refractivity contribution in [1.82, 2.24) is 14.5 Å². The molecule has 10 heteroatoms. The van der Waals surface area contributed by atoms with Crippen molar-refractivity contribution < 1.29 is 23.1 Å². The Morgan fingerprint density at radius 1 is 1.48 bits per heavy atom. The van der Waals surface area contributed by atoms with E-state index >= 15 is 0 Å². The zero-order valence-electron chi connectivity index (χ0n) is 11.4. The lowest BCUT2D eigenvalue weighted by atomic mass is 9.99. The van der Waals surface area contributed by atoms with Gasteiger partial charge in [-0.1, -0.05) is 0 Å². The van der Waals surface area contributed by atoms with Gasteiger partial charge in [0.2, 0.25) is 10.9 Å². The van der Waals surface area contributed by atoms with E-state index < -0.39 is 32.8 Å². The predicted molar refractivity (Wildman–Crippen MR) is 71.0 cm³/mol. The number of aromatic amines is 1. The van der Waals surface area contributed by atoms with Gasteiger partial charge in [0.1, 0.15) is 5.56 Å². The Kier molecular flexibility index (Phi) is 4.01. The van der Waals surface area contributed by atoms with Crippen molar-refractivity contribution in [2.75, 3.05) is 13.1 Å². The lowest BCUT2D eigenvalue weighted by Crippen LogP contribution is -2.44. The number of piperidine rings is 1. The summed E-state index contributed by atoms with van der Waals surface area (Å²) in [5.74, 6) is -2.50. The highest BCUT2D eigenvalue weighted by molar-refractivity contribution is 7.89. The van der Waals surface area contributed by atoms with E-state index in [1.165, 1.54) is 6.92 Å². The van der Waals surface area contributed by atoms with E-state index in [0.29, 0.717) is 12.8 Å². The van der Waals surface area contributed by atoms with Crippen molar-refractivity contribution in [3.63, 3.8) is 0 Å². The third-order valence-electron chi connectivity index (χ3n) is 3.50. The molecule has 4 N–H and O–H groups in total. The summed E-state index contributed by atoms with van der Waals surface area (Å²) in [4.78, 5) is 22.4. The van der Waals surface area contributed by atoms with E-state index in [-0.39, 0.29) is 24.3 Å². The summed E-state index contributed by atoms with van der Waals surface area (Å²) >= 11 is 0. The summed E-state index contributed by atoms with van der Waals surface area (Å²) < 4.78 is 26.1. The van der Waals surface area contributed by atoms with Gasteiger partial charge in [0.15, 0.2) is 0 Å². The number of primary amides is 1. The van der Waals surface area contributed by atoms with Gasteiger partial charge in [0.05, 0.1) is 5.92 Å². The minimum Gasteiger partial charge on any atom is -0.478 e. The van der Waals surface area contributed by atoms with E-state index in [4.69, 9.17) is 10.8 Å². The number of nitrogens with one attached hydrogen (secondary N) is 1. The molecule has 1 aromatic rings. The van der Waals surface area contributed by atoms with Crippen LogP contribution in [0, 0.1) is 12.8 Å². The summed E-state index contributed by atoms with van der Waals surface area (Å²) in [6.45, 7) is 1.58. The van der Waals surface area contributed by atoms with E-state index in [1.54, 1.807) is 0 Å². The molecule has 9 nitrogen and oxygen atoms in total. The van der Waals surface area contributed by atoms with Crippen LogP contribution in [0.15, 0.2) is 5.03 Å². The molecule has 2 rings (SSSR count). The van der Waals surface area contributed by atoms with Crippen molar-refractivity contribution in [1.29, 1.82) is 0 Å². The molecule has 0 spiro atoms.